The average Bonchev–Trinajstić information content (AvgIpc) is 3.01. The number of hydrogen-bond acceptors (Lipinski definition) is 2. The summed E-state index contributed by atoms with van der Waals surface area (Å²) in [4.78, 5) is 29.0. The van der Waals surface area contributed by atoms with Crippen LogP contribution in [0, 0.1) is 18.8 Å². The number of para-hydroxylation sites is 1. The summed E-state index contributed by atoms with van der Waals surface area (Å²) in [7, 11) is 0. The lowest BCUT2D eigenvalue weighted by Crippen LogP contribution is -2.50. The van der Waals surface area contributed by atoms with Crippen molar-refractivity contribution in [2.75, 3.05) is 4.90 Å². The van der Waals surface area contributed by atoms with E-state index in [0.29, 0.717) is 5.69 Å². The van der Waals surface area contributed by atoms with Crippen molar-refractivity contribution in [3.8, 4) is 0 Å². The van der Waals surface area contributed by atoms with Gasteiger partial charge in [0.25, 0.3) is 0 Å². The molecule has 3 aromatic carbocycles. The number of carbonyl (C=O) groups is 2. The van der Waals surface area contributed by atoms with Crippen LogP contribution in [0.1, 0.15) is 33.7 Å². The van der Waals surface area contributed by atoms with Gasteiger partial charge in [-0.05, 0) is 40.8 Å². The molecule has 1 aliphatic heterocycles. The Morgan fingerprint density at radius 1 is 0.793 bits per heavy atom. The number of anilines is 1. The Morgan fingerprint density at radius 3 is 1.97 bits per heavy atom. The maximum atomic E-state index is 13.8. The van der Waals surface area contributed by atoms with Gasteiger partial charge in [0.15, 0.2) is 0 Å². The minimum atomic E-state index is -0.691. The lowest BCUT2D eigenvalue weighted by Gasteiger charge is -2.51. The number of hydrogen-bond donors (Lipinski definition) is 0. The van der Waals surface area contributed by atoms with Crippen molar-refractivity contribution < 1.29 is 9.59 Å². The van der Waals surface area contributed by atoms with Crippen molar-refractivity contribution in [2.24, 2.45) is 11.8 Å². The summed E-state index contributed by atoms with van der Waals surface area (Å²) >= 11 is 4.02. The first kappa shape index (κ1) is 17.2. The zero-order chi connectivity index (χ0) is 19.9. The Bertz CT molecular complexity index is 1170. The smallest absolute Gasteiger partial charge is 0.239 e. The Hall–Kier alpha value is -2.72. The van der Waals surface area contributed by atoms with E-state index >= 15 is 0 Å². The number of aryl methyl sites for hydroxylation is 1. The molecule has 0 unspecified atom stereocenters. The van der Waals surface area contributed by atoms with Crippen LogP contribution in [-0.4, -0.2) is 11.8 Å². The van der Waals surface area contributed by atoms with Gasteiger partial charge in [0, 0.05) is 5.92 Å². The van der Waals surface area contributed by atoms with E-state index in [0.717, 1.165) is 27.8 Å². The zero-order valence-corrected chi connectivity index (χ0v) is 17.4. The van der Waals surface area contributed by atoms with Gasteiger partial charge in [-0.3, -0.25) is 9.59 Å². The molecule has 0 aromatic heterocycles. The van der Waals surface area contributed by atoms with Gasteiger partial charge in [-0.2, -0.15) is 0 Å². The van der Waals surface area contributed by atoms with E-state index in [9.17, 15) is 9.59 Å². The van der Waals surface area contributed by atoms with Crippen LogP contribution in [-0.2, 0) is 13.9 Å². The molecule has 4 aliphatic rings. The SMILES string of the molecule is Cc1ccccc1N1C(=O)[C@@H]2C3c4ccccc4C(Br)(c4ccccc43)[C@@H]2C1=O. The van der Waals surface area contributed by atoms with Crippen LogP contribution in [0.15, 0.2) is 72.8 Å². The molecular formula is C25H18BrNO2. The van der Waals surface area contributed by atoms with Gasteiger partial charge in [-0.1, -0.05) is 82.7 Å². The van der Waals surface area contributed by atoms with E-state index in [2.05, 4.69) is 40.2 Å². The topological polar surface area (TPSA) is 37.4 Å². The standard InChI is InChI=1S/C25H18BrNO2/c1-14-8-2-7-13-19(14)27-23(28)21-20-15-9-3-5-11-17(15)25(26,22(21)24(27)29)18-12-6-4-10-16(18)20/h2-13,20-22H,1H3/t20?,21-,22+,25?/m1/s1. The molecule has 3 aliphatic carbocycles. The highest BCUT2D eigenvalue weighted by atomic mass is 79.9. The molecule has 7 rings (SSSR count). The molecule has 1 saturated heterocycles. The molecule has 0 saturated carbocycles. The second-order valence-electron chi connectivity index (χ2n) is 8.17. The van der Waals surface area contributed by atoms with Crippen LogP contribution in [0.5, 0.6) is 0 Å². The number of halogens is 1. The molecule has 2 atom stereocenters. The van der Waals surface area contributed by atoms with E-state index in [-0.39, 0.29) is 17.7 Å². The van der Waals surface area contributed by atoms with Crippen LogP contribution >= 0.6 is 15.9 Å². The Labute approximate surface area is 177 Å². The number of rotatable bonds is 1. The highest BCUT2D eigenvalue weighted by molar-refractivity contribution is 9.09. The predicted molar refractivity (Wildman–Crippen MR) is 115 cm³/mol. The molecule has 29 heavy (non-hydrogen) atoms. The van der Waals surface area contributed by atoms with Crippen molar-refractivity contribution >= 4 is 33.4 Å². The summed E-state index contributed by atoms with van der Waals surface area (Å²) < 4.78 is -0.691. The molecule has 4 heteroatoms. The number of carbonyl (C=O) groups excluding carboxylic acids is 2. The first-order valence-corrected chi connectivity index (χ1v) is 10.7. The van der Waals surface area contributed by atoms with E-state index < -0.39 is 16.2 Å². The van der Waals surface area contributed by atoms with Gasteiger partial charge in [-0.15, -0.1) is 0 Å². The minimum Gasteiger partial charge on any atom is -0.274 e. The monoisotopic (exact) mass is 443 g/mol. The third-order valence-corrected chi connectivity index (χ3v) is 8.22. The van der Waals surface area contributed by atoms with E-state index in [1.54, 1.807) is 0 Å². The summed E-state index contributed by atoms with van der Waals surface area (Å²) in [6.45, 7) is 1.94. The second kappa shape index (κ2) is 5.67. The molecule has 2 amide bonds. The van der Waals surface area contributed by atoms with Crippen LogP contribution in [0.2, 0.25) is 0 Å². The summed E-state index contributed by atoms with van der Waals surface area (Å²) in [5.74, 6) is -1.15. The molecule has 3 nitrogen and oxygen atoms in total. The van der Waals surface area contributed by atoms with Crippen molar-refractivity contribution in [3.63, 3.8) is 0 Å². The number of benzene rings is 3. The van der Waals surface area contributed by atoms with Gasteiger partial charge in [-0.25, -0.2) is 4.90 Å². The molecule has 0 spiro atoms. The predicted octanol–water partition coefficient (Wildman–Crippen LogP) is 4.90. The van der Waals surface area contributed by atoms with Gasteiger partial charge in [0.2, 0.25) is 11.8 Å². The fraction of sp³-hybridized carbons (Fsp3) is 0.200. The molecule has 1 heterocycles. The molecule has 142 valence electrons. The largest absolute Gasteiger partial charge is 0.274 e. The fourth-order valence-electron chi connectivity index (χ4n) is 5.73. The molecule has 1 fully saturated rings. The molecule has 2 bridgehead atoms. The molecule has 0 N–H and O–H groups in total. The first-order valence-electron chi connectivity index (χ1n) is 9.86. The number of alkyl halides is 1. The molecule has 3 aromatic rings. The van der Waals surface area contributed by atoms with Crippen molar-refractivity contribution in [1.82, 2.24) is 0 Å². The quantitative estimate of drug-likeness (QED) is 0.396. The van der Waals surface area contributed by atoms with Crippen LogP contribution in [0.25, 0.3) is 0 Å². The van der Waals surface area contributed by atoms with Gasteiger partial charge in [0.1, 0.15) is 0 Å². The Balaban J connectivity index is 1.64. The third-order valence-electron chi connectivity index (χ3n) is 6.87. The minimum absolute atomic E-state index is 0.0906. The summed E-state index contributed by atoms with van der Waals surface area (Å²) in [6, 6.07) is 24.1. The maximum Gasteiger partial charge on any atom is 0.239 e. The van der Waals surface area contributed by atoms with Crippen molar-refractivity contribution in [1.29, 1.82) is 0 Å². The van der Waals surface area contributed by atoms with Gasteiger partial charge >= 0.3 is 0 Å². The van der Waals surface area contributed by atoms with Crippen LogP contribution < -0.4 is 4.90 Å². The Morgan fingerprint density at radius 2 is 1.34 bits per heavy atom. The van der Waals surface area contributed by atoms with Crippen molar-refractivity contribution in [2.45, 2.75) is 17.2 Å². The van der Waals surface area contributed by atoms with Crippen molar-refractivity contribution in [3.05, 3.63) is 101 Å². The summed E-state index contributed by atoms with van der Waals surface area (Å²) in [5, 5.41) is 0. The van der Waals surface area contributed by atoms with Crippen LogP contribution in [0.4, 0.5) is 5.69 Å². The first-order chi connectivity index (χ1) is 14.0. The lowest BCUT2D eigenvalue weighted by molar-refractivity contribution is -0.122. The molecule has 0 radical (unpaired) electrons. The van der Waals surface area contributed by atoms with E-state index in [1.807, 2.05) is 55.5 Å². The van der Waals surface area contributed by atoms with Gasteiger partial charge < -0.3 is 0 Å². The van der Waals surface area contributed by atoms with E-state index in [4.69, 9.17) is 0 Å². The highest BCUT2D eigenvalue weighted by Crippen LogP contribution is 2.66. The molecular weight excluding hydrogens is 426 g/mol. The van der Waals surface area contributed by atoms with E-state index in [1.165, 1.54) is 4.90 Å². The van der Waals surface area contributed by atoms with Gasteiger partial charge in [0.05, 0.1) is 21.8 Å². The maximum absolute atomic E-state index is 13.8. The zero-order valence-electron chi connectivity index (χ0n) is 15.8. The normalized spacial score (nSPS) is 28.9. The fourth-order valence-corrected chi connectivity index (χ4v) is 6.93. The lowest BCUT2D eigenvalue weighted by atomic mass is 9.55. The number of nitrogens with zero attached hydrogens (tertiary/aromatic N) is 1. The third kappa shape index (κ3) is 1.93. The second-order valence-corrected chi connectivity index (χ2v) is 9.42. The highest BCUT2D eigenvalue weighted by Gasteiger charge is 2.67. The number of imide groups is 1. The summed E-state index contributed by atoms with van der Waals surface area (Å²) in [6.07, 6.45) is 0. The number of amides is 2. The Kier molecular flexibility index (Phi) is 3.35. The summed E-state index contributed by atoms with van der Waals surface area (Å²) in [5.41, 5.74) is 6.14. The van der Waals surface area contributed by atoms with Crippen LogP contribution in [0.3, 0.4) is 0 Å². The average molecular weight is 444 g/mol.